The fourth-order valence-corrected chi connectivity index (χ4v) is 7.17. The Labute approximate surface area is 270 Å². The number of ether oxygens (including phenoxy) is 2. The molecule has 9 heteroatoms. The lowest BCUT2D eigenvalue weighted by atomic mass is 9.92. The van der Waals surface area contributed by atoms with Crippen molar-refractivity contribution in [3.8, 4) is 11.5 Å². The molecule has 0 unspecified atom stereocenters. The first-order valence-corrected chi connectivity index (χ1v) is 17.2. The third kappa shape index (κ3) is 8.23. The predicted octanol–water partition coefficient (Wildman–Crippen LogP) is 8.98. The number of halogens is 1. The standard InChI is InChI=1S/C36H39ClNO6P/c1-23(2)31-19-26(13-14-34(31)43-36(39)35(38)27-9-6-5-7-10-27)20-32-24(3)17-30(18-25(32)4)41-22-45(40)42-16-15-33(44-45)28-11-8-12-29(37)21-28/h5-14,17-19,21,23,33,35H,15-16,20,22,38H2,1-4H3/t33-,35-,45+/m0/s1. The molecule has 1 aliphatic rings. The van der Waals surface area contributed by atoms with E-state index < -0.39 is 19.6 Å². The molecule has 0 aromatic heterocycles. The maximum absolute atomic E-state index is 13.4. The summed E-state index contributed by atoms with van der Waals surface area (Å²) in [4.78, 5) is 12.9. The van der Waals surface area contributed by atoms with Gasteiger partial charge in [-0.1, -0.05) is 80.0 Å². The Bertz CT molecular complexity index is 1690. The summed E-state index contributed by atoms with van der Waals surface area (Å²) in [6, 6.07) is 25.5. The van der Waals surface area contributed by atoms with Crippen LogP contribution in [-0.4, -0.2) is 18.9 Å². The molecule has 45 heavy (non-hydrogen) atoms. The lowest BCUT2D eigenvalue weighted by Crippen LogP contribution is -2.26. The van der Waals surface area contributed by atoms with Crippen LogP contribution in [0.1, 0.15) is 77.3 Å². The number of carbonyl (C=O) groups excluding carboxylic acids is 1. The lowest BCUT2D eigenvalue weighted by Gasteiger charge is -2.30. The van der Waals surface area contributed by atoms with Gasteiger partial charge in [0.05, 0.1) is 12.7 Å². The molecular weight excluding hydrogens is 609 g/mol. The zero-order chi connectivity index (χ0) is 32.1. The van der Waals surface area contributed by atoms with Crippen LogP contribution < -0.4 is 15.2 Å². The number of hydrogen-bond donors (Lipinski definition) is 1. The van der Waals surface area contributed by atoms with Gasteiger partial charge in [0.15, 0.2) is 6.35 Å². The van der Waals surface area contributed by atoms with Crippen molar-refractivity contribution in [2.24, 2.45) is 5.73 Å². The highest BCUT2D eigenvalue weighted by Gasteiger charge is 2.35. The van der Waals surface area contributed by atoms with Gasteiger partial charge in [0.1, 0.15) is 17.5 Å². The average Bonchev–Trinajstić information content (AvgIpc) is 3.02. The second kappa shape index (κ2) is 14.3. The Balaban J connectivity index is 1.26. The van der Waals surface area contributed by atoms with Crippen molar-refractivity contribution in [3.63, 3.8) is 0 Å². The largest absolute Gasteiger partial charge is 0.481 e. The second-order valence-corrected chi connectivity index (χ2v) is 14.1. The molecule has 0 aliphatic carbocycles. The number of benzene rings is 4. The van der Waals surface area contributed by atoms with Gasteiger partial charge < -0.3 is 19.7 Å². The van der Waals surface area contributed by atoms with E-state index in [9.17, 15) is 9.36 Å². The molecule has 7 nitrogen and oxygen atoms in total. The highest BCUT2D eigenvalue weighted by atomic mass is 35.5. The van der Waals surface area contributed by atoms with Crippen molar-refractivity contribution in [2.75, 3.05) is 13.0 Å². The highest BCUT2D eigenvalue weighted by Crippen LogP contribution is 2.56. The molecule has 1 saturated heterocycles. The van der Waals surface area contributed by atoms with Crippen LogP contribution in [-0.2, 0) is 24.8 Å². The van der Waals surface area contributed by atoms with E-state index in [0.717, 1.165) is 33.4 Å². The maximum atomic E-state index is 13.4. The molecule has 1 heterocycles. The van der Waals surface area contributed by atoms with E-state index in [1.54, 1.807) is 6.07 Å². The molecule has 0 radical (unpaired) electrons. The molecule has 5 rings (SSSR count). The summed E-state index contributed by atoms with van der Waals surface area (Å²) in [6.45, 7) is 8.51. The summed E-state index contributed by atoms with van der Waals surface area (Å²) >= 11 is 6.14. The van der Waals surface area contributed by atoms with Crippen molar-refractivity contribution in [1.82, 2.24) is 0 Å². The Morgan fingerprint density at radius 2 is 1.73 bits per heavy atom. The molecule has 0 spiro atoms. The minimum absolute atomic E-state index is 0.129. The first kappa shape index (κ1) is 32.9. The number of rotatable bonds is 10. The maximum Gasteiger partial charge on any atom is 0.368 e. The monoisotopic (exact) mass is 647 g/mol. The fourth-order valence-electron chi connectivity index (χ4n) is 5.47. The smallest absolute Gasteiger partial charge is 0.368 e. The fraction of sp³-hybridized carbons (Fsp3) is 0.306. The van der Waals surface area contributed by atoms with Crippen molar-refractivity contribution in [3.05, 3.63) is 129 Å². The topological polar surface area (TPSA) is 97.1 Å². The lowest BCUT2D eigenvalue weighted by molar-refractivity contribution is -0.136. The molecule has 0 bridgehead atoms. The van der Waals surface area contributed by atoms with Crippen LogP contribution >= 0.6 is 19.2 Å². The zero-order valence-electron chi connectivity index (χ0n) is 26.0. The first-order valence-electron chi connectivity index (χ1n) is 15.1. The van der Waals surface area contributed by atoms with Gasteiger partial charge in [0.2, 0.25) is 0 Å². The zero-order valence-corrected chi connectivity index (χ0v) is 27.6. The summed E-state index contributed by atoms with van der Waals surface area (Å²) in [7, 11) is -3.48. The average molecular weight is 648 g/mol. The minimum atomic E-state index is -3.48. The SMILES string of the molecule is Cc1cc(OC[P@@]2(=O)OCC[C@@H](c3cccc(Cl)c3)O2)cc(C)c1Cc1ccc(OC(=O)[C@@H](N)c2ccccc2)c(C(C)C)c1. The molecule has 2 N–H and O–H groups in total. The van der Waals surface area contributed by atoms with E-state index in [0.29, 0.717) is 41.5 Å². The second-order valence-electron chi connectivity index (χ2n) is 11.7. The number of esters is 1. The summed E-state index contributed by atoms with van der Waals surface area (Å²) in [5, 5.41) is 0.600. The Morgan fingerprint density at radius 3 is 2.42 bits per heavy atom. The third-order valence-corrected chi connectivity index (χ3v) is 9.77. The molecule has 1 aliphatic heterocycles. The highest BCUT2D eigenvalue weighted by molar-refractivity contribution is 7.53. The van der Waals surface area contributed by atoms with Gasteiger partial charge in [-0.3, -0.25) is 9.09 Å². The van der Waals surface area contributed by atoms with Crippen LogP contribution in [0.5, 0.6) is 11.5 Å². The van der Waals surface area contributed by atoms with Gasteiger partial charge in [-0.25, -0.2) is 4.79 Å². The Hall–Kier alpha value is -3.45. The van der Waals surface area contributed by atoms with Crippen LogP contribution in [0.15, 0.2) is 84.9 Å². The Morgan fingerprint density at radius 1 is 1.00 bits per heavy atom. The quantitative estimate of drug-likeness (QED) is 0.104. The summed E-state index contributed by atoms with van der Waals surface area (Å²) in [5.41, 5.74) is 13.0. The van der Waals surface area contributed by atoms with E-state index >= 15 is 0 Å². The molecule has 4 aromatic rings. The van der Waals surface area contributed by atoms with E-state index in [1.165, 1.54) is 0 Å². The normalized spacial score (nSPS) is 18.9. The van der Waals surface area contributed by atoms with Gasteiger partial charge in [-0.2, -0.15) is 0 Å². The van der Waals surface area contributed by atoms with Gasteiger partial charge in [0, 0.05) is 11.4 Å². The van der Waals surface area contributed by atoms with Crippen LogP contribution in [0.2, 0.25) is 5.02 Å². The van der Waals surface area contributed by atoms with Gasteiger partial charge in [0.25, 0.3) is 0 Å². The van der Waals surface area contributed by atoms with Crippen LogP contribution in [0.4, 0.5) is 0 Å². The summed E-state index contributed by atoms with van der Waals surface area (Å²) in [5.74, 6) is 0.747. The predicted molar refractivity (Wildman–Crippen MR) is 177 cm³/mol. The number of nitrogens with two attached hydrogens (primary N) is 1. The first-order chi connectivity index (χ1) is 21.5. The van der Waals surface area contributed by atoms with E-state index in [4.69, 9.17) is 35.9 Å². The minimum Gasteiger partial charge on any atom is -0.481 e. The van der Waals surface area contributed by atoms with Crippen LogP contribution in [0, 0.1) is 13.8 Å². The molecule has 4 aromatic carbocycles. The molecule has 1 fully saturated rings. The van der Waals surface area contributed by atoms with E-state index in [1.807, 2.05) is 86.6 Å². The third-order valence-electron chi connectivity index (χ3n) is 7.94. The molecule has 3 atom stereocenters. The van der Waals surface area contributed by atoms with Crippen molar-refractivity contribution >= 4 is 25.2 Å². The van der Waals surface area contributed by atoms with Crippen molar-refractivity contribution in [1.29, 1.82) is 0 Å². The molecule has 0 saturated carbocycles. The van der Waals surface area contributed by atoms with Crippen molar-refractivity contribution in [2.45, 2.75) is 58.6 Å². The van der Waals surface area contributed by atoms with E-state index in [2.05, 4.69) is 19.9 Å². The number of carbonyl (C=O) groups is 1. The Kier molecular flexibility index (Phi) is 10.5. The van der Waals surface area contributed by atoms with Gasteiger partial charge in [-0.05, 0) is 95.5 Å². The molecular formula is C36H39ClNO6P. The number of aryl methyl sites for hydroxylation is 2. The summed E-state index contributed by atoms with van der Waals surface area (Å²) < 4.78 is 36.6. The van der Waals surface area contributed by atoms with Gasteiger partial charge in [-0.15, -0.1) is 0 Å². The molecule has 236 valence electrons. The number of hydrogen-bond acceptors (Lipinski definition) is 7. The van der Waals surface area contributed by atoms with Crippen LogP contribution in [0.3, 0.4) is 0 Å². The van der Waals surface area contributed by atoms with E-state index in [-0.39, 0.29) is 18.4 Å². The van der Waals surface area contributed by atoms with Gasteiger partial charge >= 0.3 is 13.6 Å². The van der Waals surface area contributed by atoms with Crippen LogP contribution in [0.25, 0.3) is 0 Å². The summed E-state index contributed by atoms with van der Waals surface area (Å²) in [6.07, 6.45) is 0.708. The van der Waals surface area contributed by atoms with Crippen molar-refractivity contribution < 1.29 is 27.9 Å². The molecule has 0 amide bonds.